The van der Waals surface area contributed by atoms with Gasteiger partial charge in [-0.1, -0.05) is 117 Å². The summed E-state index contributed by atoms with van der Waals surface area (Å²) in [5.41, 5.74) is 12.1. The number of benzene rings is 7. The average molecular weight is 553 g/mol. The molecule has 1 aliphatic rings. The Hall–Kier alpha value is -5.34. The van der Waals surface area contributed by atoms with Crippen LogP contribution in [0.3, 0.4) is 0 Å². The van der Waals surface area contributed by atoms with E-state index in [2.05, 4.69) is 170 Å². The van der Waals surface area contributed by atoms with Gasteiger partial charge < -0.3 is 10.6 Å². The molecule has 1 aliphatic carbocycles. The first-order chi connectivity index (χ1) is 21.0. The first-order valence-corrected chi connectivity index (χ1v) is 14.9. The molecular formula is C41H32N2. The van der Waals surface area contributed by atoms with Gasteiger partial charge >= 0.3 is 0 Å². The molecule has 0 heterocycles. The highest BCUT2D eigenvalue weighted by molar-refractivity contribution is 6.13. The van der Waals surface area contributed by atoms with Gasteiger partial charge in [0.2, 0.25) is 0 Å². The van der Waals surface area contributed by atoms with E-state index in [4.69, 9.17) is 0 Å². The molecule has 0 spiro atoms. The van der Waals surface area contributed by atoms with Crippen molar-refractivity contribution in [1.82, 2.24) is 0 Å². The van der Waals surface area contributed by atoms with Gasteiger partial charge in [-0.3, -0.25) is 0 Å². The maximum absolute atomic E-state index is 3.78. The summed E-state index contributed by atoms with van der Waals surface area (Å²) < 4.78 is 0. The topological polar surface area (TPSA) is 24.1 Å². The van der Waals surface area contributed by atoms with Crippen molar-refractivity contribution in [3.63, 3.8) is 0 Å². The van der Waals surface area contributed by atoms with E-state index >= 15 is 0 Å². The summed E-state index contributed by atoms with van der Waals surface area (Å²) in [6, 6.07) is 52.4. The average Bonchev–Trinajstić information content (AvgIpc) is 3.27. The largest absolute Gasteiger partial charge is 0.356 e. The Kier molecular flexibility index (Phi) is 5.84. The molecule has 0 saturated heterocycles. The Labute approximate surface area is 252 Å². The van der Waals surface area contributed by atoms with Gasteiger partial charge in [0.1, 0.15) is 0 Å². The van der Waals surface area contributed by atoms with Crippen LogP contribution in [0.25, 0.3) is 43.8 Å². The summed E-state index contributed by atoms with van der Waals surface area (Å²) in [6.45, 7) is 4.68. The summed E-state index contributed by atoms with van der Waals surface area (Å²) in [5.74, 6) is 0. The van der Waals surface area contributed by atoms with E-state index in [-0.39, 0.29) is 5.41 Å². The third kappa shape index (κ3) is 4.35. The Balaban J connectivity index is 1.09. The maximum Gasteiger partial charge on any atom is 0.0470 e. The van der Waals surface area contributed by atoms with Gasteiger partial charge in [-0.15, -0.1) is 0 Å². The van der Waals surface area contributed by atoms with Crippen LogP contribution in [0.5, 0.6) is 0 Å². The summed E-state index contributed by atoms with van der Waals surface area (Å²) in [7, 11) is 0. The van der Waals surface area contributed by atoms with Gasteiger partial charge in [0.15, 0.2) is 0 Å². The number of hydrogen-bond acceptors (Lipinski definition) is 2. The molecule has 206 valence electrons. The standard InChI is InChI=1S/C41H32N2/c1-41(2)38-25-31(42-30-18-16-28(17-19-30)27-10-4-3-5-11-27)20-22-35(38)36-23-21-32(26-39(36)41)43-40-24-29-12-6-7-13-33(29)34-14-8-9-15-37(34)40/h3-26,42-43H,1-2H3. The number of hydrogen-bond donors (Lipinski definition) is 2. The van der Waals surface area contributed by atoms with E-state index in [0.717, 1.165) is 22.7 Å². The second-order valence-electron chi connectivity index (χ2n) is 12.0. The molecule has 0 fully saturated rings. The van der Waals surface area contributed by atoms with Gasteiger partial charge in [-0.2, -0.15) is 0 Å². The molecule has 2 N–H and O–H groups in total. The second kappa shape index (κ2) is 9.89. The van der Waals surface area contributed by atoms with Crippen LogP contribution in [0.4, 0.5) is 22.7 Å². The molecule has 2 nitrogen and oxygen atoms in total. The zero-order valence-corrected chi connectivity index (χ0v) is 24.4. The fourth-order valence-electron chi connectivity index (χ4n) is 6.75. The van der Waals surface area contributed by atoms with Crippen molar-refractivity contribution in [2.45, 2.75) is 19.3 Å². The quantitative estimate of drug-likeness (QED) is 0.208. The highest BCUT2D eigenvalue weighted by Gasteiger charge is 2.35. The minimum atomic E-state index is -0.122. The SMILES string of the molecule is CC1(C)c2cc(Nc3ccc(-c4ccccc4)cc3)ccc2-c2ccc(Nc3cc4ccccc4c4ccccc34)cc21. The van der Waals surface area contributed by atoms with Crippen molar-refractivity contribution in [2.24, 2.45) is 0 Å². The van der Waals surface area contributed by atoms with Crippen LogP contribution in [0.15, 0.2) is 146 Å². The molecule has 0 atom stereocenters. The van der Waals surface area contributed by atoms with Crippen molar-refractivity contribution >= 4 is 44.3 Å². The lowest BCUT2D eigenvalue weighted by Crippen LogP contribution is -2.15. The van der Waals surface area contributed by atoms with Crippen LogP contribution in [0.1, 0.15) is 25.0 Å². The van der Waals surface area contributed by atoms with E-state index in [1.165, 1.54) is 54.9 Å². The predicted octanol–water partition coefficient (Wildman–Crippen LogP) is 11.5. The molecule has 0 amide bonds. The van der Waals surface area contributed by atoms with Gasteiger partial charge in [0.05, 0.1) is 0 Å². The molecule has 0 aromatic heterocycles. The molecule has 7 aromatic rings. The lowest BCUT2D eigenvalue weighted by Gasteiger charge is -2.23. The van der Waals surface area contributed by atoms with Crippen molar-refractivity contribution in [3.8, 4) is 22.3 Å². The van der Waals surface area contributed by atoms with Gasteiger partial charge in [-0.05, 0) is 92.0 Å². The number of rotatable bonds is 5. The lowest BCUT2D eigenvalue weighted by atomic mass is 9.82. The van der Waals surface area contributed by atoms with Crippen LogP contribution in [-0.4, -0.2) is 0 Å². The molecular weight excluding hydrogens is 520 g/mol. The fraction of sp³-hybridized carbons (Fsp3) is 0.0732. The zero-order valence-electron chi connectivity index (χ0n) is 24.4. The molecule has 0 saturated carbocycles. The third-order valence-corrected chi connectivity index (χ3v) is 9.00. The molecule has 0 bridgehead atoms. The summed E-state index contributed by atoms with van der Waals surface area (Å²) >= 11 is 0. The molecule has 7 aromatic carbocycles. The number of fused-ring (bicyclic) bond motifs is 6. The molecule has 2 heteroatoms. The Bertz CT molecular complexity index is 2140. The smallest absolute Gasteiger partial charge is 0.0470 e. The van der Waals surface area contributed by atoms with Gasteiger partial charge in [0, 0.05) is 33.6 Å². The van der Waals surface area contributed by atoms with E-state index < -0.39 is 0 Å². The molecule has 0 radical (unpaired) electrons. The number of anilines is 4. The third-order valence-electron chi connectivity index (χ3n) is 9.00. The normalized spacial score (nSPS) is 13.1. The Morgan fingerprint density at radius 2 is 0.953 bits per heavy atom. The summed E-state index contributed by atoms with van der Waals surface area (Å²) in [4.78, 5) is 0. The van der Waals surface area contributed by atoms with Crippen LogP contribution in [-0.2, 0) is 5.41 Å². The summed E-state index contributed by atoms with van der Waals surface area (Å²) in [6.07, 6.45) is 0. The Morgan fingerprint density at radius 1 is 0.419 bits per heavy atom. The van der Waals surface area contributed by atoms with Crippen LogP contribution in [0, 0.1) is 0 Å². The second-order valence-corrected chi connectivity index (χ2v) is 12.0. The van der Waals surface area contributed by atoms with Crippen molar-refractivity contribution in [2.75, 3.05) is 10.6 Å². The molecule has 8 rings (SSSR count). The highest BCUT2D eigenvalue weighted by Crippen LogP contribution is 2.50. The van der Waals surface area contributed by atoms with Crippen molar-refractivity contribution < 1.29 is 0 Å². The van der Waals surface area contributed by atoms with Crippen molar-refractivity contribution in [1.29, 1.82) is 0 Å². The van der Waals surface area contributed by atoms with E-state index in [1.54, 1.807) is 0 Å². The lowest BCUT2D eigenvalue weighted by molar-refractivity contribution is 0.661. The van der Waals surface area contributed by atoms with E-state index in [9.17, 15) is 0 Å². The monoisotopic (exact) mass is 552 g/mol. The summed E-state index contributed by atoms with van der Waals surface area (Å²) in [5, 5.41) is 12.5. The molecule has 0 aliphatic heterocycles. The van der Waals surface area contributed by atoms with Crippen LogP contribution >= 0.6 is 0 Å². The van der Waals surface area contributed by atoms with Crippen LogP contribution in [0.2, 0.25) is 0 Å². The van der Waals surface area contributed by atoms with E-state index in [1.807, 2.05) is 0 Å². The minimum absolute atomic E-state index is 0.122. The fourth-order valence-corrected chi connectivity index (χ4v) is 6.75. The number of nitrogens with one attached hydrogen (secondary N) is 2. The van der Waals surface area contributed by atoms with Crippen molar-refractivity contribution in [3.05, 3.63) is 157 Å². The van der Waals surface area contributed by atoms with Crippen LogP contribution < -0.4 is 10.6 Å². The first kappa shape index (κ1) is 25.4. The van der Waals surface area contributed by atoms with Gasteiger partial charge in [-0.25, -0.2) is 0 Å². The molecule has 0 unspecified atom stereocenters. The minimum Gasteiger partial charge on any atom is -0.356 e. The zero-order chi connectivity index (χ0) is 29.0. The predicted molar refractivity (Wildman–Crippen MR) is 184 cm³/mol. The molecule has 43 heavy (non-hydrogen) atoms. The Morgan fingerprint density at radius 3 is 1.65 bits per heavy atom. The van der Waals surface area contributed by atoms with Gasteiger partial charge in [0.25, 0.3) is 0 Å². The van der Waals surface area contributed by atoms with E-state index in [0.29, 0.717) is 0 Å². The highest BCUT2D eigenvalue weighted by atomic mass is 14.9. The maximum atomic E-state index is 3.78. The first-order valence-electron chi connectivity index (χ1n) is 14.9.